The highest BCUT2D eigenvalue weighted by molar-refractivity contribution is 5.77. The summed E-state index contributed by atoms with van der Waals surface area (Å²) in [5.41, 5.74) is 4.02. The second-order valence-electron chi connectivity index (χ2n) is 9.29. The van der Waals surface area contributed by atoms with Crippen LogP contribution in [-0.2, 0) is 30.4 Å². The van der Waals surface area contributed by atoms with Crippen LogP contribution in [0.1, 0.15) is 72.2 Å². The number of hydrogen-bond donors (Lipinski definition) is 0. The number of nitrogens with zero attached hydrogens (tertiary/aromatic N) is 2. The third-order valence-corrected chi connectivity index (χ3v) is 6.78. The average molecular weight is 485 g/mol. The number of hydrogen-bond acceptors (Lipinski definition) is 2. The number of benzene rings is 2. The Balaban J connectivity index is 1.59. The second-order valence-corrected chi connectivity index (χ2v) is 9.29. The summed E-state index contributed by atoms with van der Waals surface area (Å²) in [6.45, 7) is 3.98. The smallest absolute Gasteiger partial charge is 0.332 e. The van der Waals surface area contributed by atoms with Gasteiger partial charge < -0.3 is 4.90 Å². The molecule has 2 aromatic carbocycles. The first-order valence-corrected chi connectivity index (χ1v) is 11.8. The molecule has 1 heterocycles. The van der Waals surface area contributed by atoms with Gasteiger partial charge in [0.05, 0.1) is 6.04 Å². The van der Waals surface area contributed by atoms with E-state index in [1.807, 2.05) is 19.9 Å². The highest BCUT2D eigenvalue weighted by Crippen LogP contribution is 2.31. The van der Waals surface area contributed by atoms with Gasteiger partial charge in [0.2, 0.25) is 5.91 Å². The van der Waals surface area contributed by atoms with E-state index in [1.165, 1.54) is 35.5 Å². The van der Waals surface area contributed by atoms with Gasteiger partial charge in [-0.2, -0.15) is 13.2 Å². The van der Waals surface area contributed by atoms with Gasteiger partial charge in [-0.3, -0.25) is 9.78 Å². The molecule has 0 N–H and O–H groups in total. The molecule has 184 valence electrons. The van der Waals surface area contributed by atoms with Crippen molar-refractivity contribution in [3.63, 3.8) is 0 Å². The Bertz CT molecular complexity index is 1170. The van der Waals surface area contributed by atoms with Gasteiger partial charge in [-0.05, 0) is 78.1 Å². The van der Waals surface area contributed by atoms with Crippen LogP contribution < -0.4 is 0 Å². The lowest BCUT2D eigenvalue weighted by Crippen LogP contribution is -2.34. The number of amides is 1. The molecule has 7 heteroatoms. The fraction of sp³-hybridized carbons (Fsp3) is 0.357. The Kier molecular flexibility index (Phi) is 7.24. The standard InChI is InChI=1S/C28H28F4N2O/c1-18(21-9-11-25(29)12-10-21)14-27(35)34(17-20-6-13-26(33-16-20)28(30,31)32)19(2)23-8-7-22-4-3-5-24(22)15-23/h6-13,15-16,18-19H,3-5,14,17H2,1-2H3. The lowest BCUT2D eigenvalue weighted by Gasteiger charge is -2.31. The molecular formula is C28H28F4N2O. The van der Waals surface area contributed by atoms with E-state index >= 15 is 0 Å². The number of carbonyl (C=O) groups excluding carboxylic acids is 1. The van der Waals surface area contributed by atoms with E-state index in [1.54, 1.807) is 17.0 Å². The van der Waals surface area contributed by atoms with Gasteiger partial charge in [-0.25, -0.2) is 4.39 Å². The molecule has 2 atom stereocenters. The molecule has 3 aromatic rings. The van der Waals surface area contributed by atoms with Crippen molar-refractivity contribution in [3.05, 3.63) is 100 Å². The normalized spacial score (nSPS) is 14.9. The maximum absolute atomic E-state index is 13.5. The Morgan fingerprint density at radius 3 is 2.31 bits per heavy atom. The van der Waals surface area contributed by atoms with Crippen molar-refractivity contribution < 1.29 is 22.4 Å². The Morgan fingerprint density at radius 2 is 1.66 bits per heavy atom. The minimum absolute atomic E-state index is 0.130. The predicted molar refractivity (Wildman–Crippen MR) is 126 cm³/mol. The zero-order chi connectivity index (χ0) is 25.2. The van der Waals surface area contributed by atoms with E-state index in [4.69, 9.17) is 0 Å². The highest BCUT2D eigenvalue weighted by atomic mass is 19.4. The Labute approximate surface area is 202 Å². The molecule has 0 radical (unpaired) electrons. The van der Waals surface area contributed by atoms with E-state index in [9.17, 15) is 22.4 Å². The molecule has 2 unspecified atom stereocenters. The van der Waals surface area contributed by atoms with Gasteiger partial charge in [0.15, 0.2) is 0 Å². The molecule has 1 amide bonds. The zero-order valence-electron chi connectivity index (χ0n) is 19.8. The third-order valence-electron chi connectivity index (χ3n) is 6.78. The van der Waals surface area contributed by atoms with Crippen molar-refractivity contribution in [1.82, 2.24) is 9.88 Å². The monoisotopic (exact) mass is 484 g/mol. The molecule has 1 aromatic heterocycles. The SMILES string of the molecule is CC(CC(=O)N(Cc1ccc(C(F)(F)F)nc1)C(C)c1ccc2c(c1)CCC2)c1ccc(F)cc1. The number of aromatic nitrogens is 1. The molecule has 0 saturated heterocycles. The summed E-state index contributed by atoms with van der Waals surface area (Å²) in [7, 11) is 0. The van der Waals surface area contributed by atoms with Crippen LogP contribution in [0.4, 0.5) is 17.6 Å². The van der Waals surface area contributed by atoms with Gasteiger partial charge in [0, 0.05) is 19.2 Å². The summed E-state index contributed by atoms with van der Waals surface area (Å²) in [6.07, 6.45) is 0.0305. The van der Waals surface area contributed by atoms with Gasteiger partial charge in [0.25, 0.3) is 0 Å². The molecule has 1 aliphatic carbocycles. The number of pyridine rings is 1. The summed E-state index contributed by atoms with van der Waals surface area (Å²) in [4.78, 5) is 18.8. The van der Waals surface area contributed by atoms with Crippen molar-refractivity contribution in [2.45, 2.75) is 64.2 Å². The van der Waals surface area contributed by atoms with Crippen LogP contribution in [0.3, 0.4) is 0 Å². The molecule has 0 bridgehead atoms. The number of fused-ring (bicyclic) bond motifs is 1. The first kappa shape index (κ1) is 24.9. The fourth-order valence-corrected chi connectivity index (χ4v) is 4.64. The van der Waals surface area contributed by atoms with Crippen LogP contribution in [-0.4, -0.2) is 15.8 Å². The summed E-state index contributed by atoms with van der Waals surface area (Å²) >= 11 is 0. The van der Waals surface area contributed by atoms with Crippen molar-refractivity contribution in [2.75, 3.05) is 0 Å². The van der Waals surface area contributed by atoms with Crippen molar-refractivity contribution >= 4 is 5.91 Å². The van der Waals surface area contributed by atoms with E-state index < -0.39 is 11.9 Å². The van der Waals surface area contributed by atoms with E-state index in [2.05, 4.69) is 17.1 Å². The molecule has 0 saturated carbocycles. The minimum Gasteiger partial charge on any atom is -0.332 e. The maximum Gasteiger partial charge on any atom is 0.433 e. The van der Waals surface area contributed by atoms with Crippen molar-refractivity contribution in [3.8, 4) is 0 Å². The number of alkyl halides is 3. The average Bonchev–Trinajstić information content (AvgIpc) is 3.30. The predicted octanol–water partition coefficient (Wildman–Crippen LogP) is 7.01. The summed E-state index contributed by atoms with van der Waals surface area (Å²) < 4.78 is 52.2. The Hall–Kier alpha value is -3.22. The summed E-state index contributed by atoms with van der Waals surface area (Å²) in [6, 6.07) is 14.4. The largest absolute Gasteiger partial charge is 0.433 e. The van der Waals surface area contributed by atoms with Crippen LogP contribution >= 0.6 is 0 Å². The van der Waals surface area contributed by atoms with E-state index in [0.29, 0.717) is 5.56 Å². The van der Waals surface area contributed by atoms with E-state index in [-0.39, 0.29) is 36.6 Å². The van der Waals surface area contributed by atoms with Gasteiger partial charge >= 0.3 is 6.18 Å². The van der Waals surface area contributed by atoms with Crippen LogP contribution in [0.15, 0.2) is 60.8 Å². The molecule has 0 aliphatic heterocycles. The first-order valence-electron chi connectivity index (χ1n) is 11.8. The molecule has 3 nitrogen and oxygen atoms in total. The van der Waals surface area contributed by atoms with Crippen LogP contribution in [0.5, 0.6) is 0 Å². The first-order chi connectivity index (χ1) is 16.6. The lowest BCUT2D eigenvalue weighted by atomic mass is 9.95. The van der Waals surface area contributed by atoms with Crippen LogP contribution in [0.25, 0.3) is 0 Å². The maximum atomic E-state index is 13.5. The zero-order valence-corrected chi connectivity index (χ0v) is 19.8. The minimum atomic E-state index is -4.52. The van der Waals surface area contributed by atoms with Crippen LogP contribution in [0, 0.1) is 5.82 Å². The molecule has 1 aliphatic rings. The quantitative estimate of drug-likeness (QED) is 0.338. The van der Waals surface area contributed by atoms with Gasteiger partial charge in [-0.15, -0.1) is 0 Å². The lowest BCUT2D eigenvalue weighted by molar-refractivity contribution is -0.141. The summed E-state index contributed by atoms with van der Waals surface area (Å²) in [5.74, 6) is -0.618. The molecule has 0 spiro atoms. The van der Waals surface area contributed by atoms with Crippen molar-refractivity contribution in [1.29, 1.82) is 0 Å². The summed E-state index contributed by atoms with van der Waals surface area (Å²) in [5, 5.41) is 0. The molecule has 4 rings (SSSR count). The fourth-order valence-electron chi connectivity index (χ4n) is 4.64. The molecule has 0 fully saturated rings. The number of aryl methyl sites for hydroxylation is 2. The molecule has 35 heavy (non-hydrogen) atoms. The highest BCUT2D eigenvalue weighted by Gasteiger charge is 2.32. The molecular weight excluding hydrogens is 456 g/mol. The third kappa shape index (κ3) is 5.89. The van der Waals surface area contributed by atoms with E-state index in [0.717, 1.165) is 36.5 Å². The number of halogens is 4. The van der Waals surface area contributed by atoms with Gasteiger partial charge in [0.1, 0.15) is 11.5 Å². The van der Waals surface area contributed by atoms with Crippen molar-refractivity contribution in [2.24, 2.45) is 0 Å². The number of rotatable bonds is 7. The van der Waals surface area contributed by atoms with Gasteiger partial charge in [-0.1, -0.05) is 43.3 Å². The topological polar surface area (TPSA) is 33.2 Å². The second kappa shape index (κ2) is 10.2. The van der Waals surface area contributed by atoms with Crippen LogP contribution in [0.2, 0.25) is 0 Å². The Morgan fingerprint density at radius 1 is 0.971 bits per heavy atom. The number of carbonyl (C=O) groups is 1.